The third-order valence-corrected chi connectivity index (χ3v) is 3.88. The number of nitrogens with one attached hydrogen (secondary N) is 1. The Kier molecular flexibility index (Phi) is 3.46. The maximum absolute atomic E-state index is 12.2. The number of imidazole rings is 1. The van der Waals surface area contributed by atoms with Gasteiger partial charge in [-0.05, 0) is 20.8 Å². The summed E-state index contributed by atoms with van der Waals surface area (Å²) in [5.74, 6) is -0.154. The number of nitrogens with zero attached hydrogens (tertiary/aromatic N) is 5. The molecule has 0 saturated heterocycles. The van der Waals surface area contributed by atoms with Crippen molar-refractivity contribution in [2.75, 3.05) is 0 Å². The molecule has 1 amide bonds. The first-order valence-corrected chi connectivity index (χ1v) is 7.56. The number of amides is 1. The van der Waals surface area contributed by atoms with E-state index in [1.807, 2.05) is 27.0 Å². The second kappa shape index (κ2) is 5.28. The molecule has 110 valence electrons. The number of hydrogen-bond acceptors (Lipinski definition) is 5. The van der Waals surface area contributed by atoms with Crippen LogP contribution in [0.4, 0.5) is 0 Å². The van der Waals surface area contributed by atoms with Gasteiger partial charge in [0.25, 0.3) is 5.91 Å². The highest BCUT2D eigenvalue weighted by Crippen LogP contribution is 2.16. The van der Waals surface area contributed by atoms with E-state index in [1.165, 1.54) is 11.3 Å². The second-order valence-corrected chi connectivity index (χ2v) is 5.94. The van der Waals surface area contributed by atoms with E-state index in [9.17, 15) is 4.79 Å². The summed E-state index contributed by atoms with van der Waals surface area (Å²) < 4.78 is 3.47. The molecule has 7 nitrogen and oxygen atoms in total. The normalized spacial score (nSPS) is 13.0. The van der Waals surface area contributed by atoms with Gasteiger partial charge in [0, 0.05) is 12.2 Å². The molecule has 3 heterocycles. The molecule has 1 N–H and O–H groups in total. The fourth-order valence-electron chi connectivity index (χ4n) is 1.96. The van der Waals surface area contributed by atoms with E-state index in [1.54, 1.807) is 27.1 Å². The van der Waals surface area contributed by atoms with Gasteiger partial charge < -0.3 is 5.32 Å². The molecular formula is C13H16N6OS. The monoisotopic (exact) mass is 304 g/mol. The topological polar surface area (TPSA) is 77.1 Å². The molecule has 0 aliphatic heterocycles. The molecule has 3 aromatic heterocycles. The Labute approximate surface area is 125 Å². The Morgan fingerprint density at radius 2 is 2.10 bits per heavy atom. The van der Waals surface area contributed by atoms with Gasteiger partial charge in [-0.2, -0.15) is 10.2 Å². The van der Waals surface area contributed by atoms with Crippen molar-refractivity contribution in [1.82, 2.24) is 29.7 Å². The molecule has 0 saturated carbocycles. The molecule has 8 heteroatoms. The number of aromatic nitrogens is 5. The van der Waals surface area contributed by atoms with Crippen molar-refractivity contribution < 1.29 is 4.79 Å². The molecule has 0 unspecified atom stereocenters. The van der Waals surface area contributed by atoms with Crippen LogP contribution in [-0.2, 0) is 0 Å². The smallest absolute Gasteiger partial charge is 0.254 e. The van der Waals surface area contributed by atoms with Crippen LogP contribution in [0.5, 0.6) is 0 Å². The van der Waals surface area contributed by atoms with Crippen molar-refractivity contribution >= 4 is 22.2 Å². The fraction of sp³-hybridized carbons (Fsp3) is 0.385. The lowest BCUT2D eigenvalue weighted by Crippen LogP contribution is -2.26. The molecule has 3 rings (SSSR count). The third kappa shape index (κ3) is 2.66. The van der Waals surface area contributed by atoms with Gasteiger partial charge in [-0.25, -0.2) is 9.50 Å². The zero-order valence-corrected chi connectivity index (χ0v) is 12.8. The molecule has 1 atom stereocenters. The minimum Gasteiger partial charge on any atom is -0.344 e. The van der Waals surface area contributed by atoms with Crippen LogP contribution in [0.3, 0.4) is 0 Å². The van der Waals surface area contributed by atoms with E-state index in [4.69, 9.17) is 0 Å². The average molecular weight is 304 g/mol. The van der Waals surface area contributed by atoms with Crippen LogP contribution in [0.15, 0.2) is 24.1 Å². The largest absolute Gasteiger partial charge is 0.344 e. The minimum absolute atomic E-state index is 0.154. The predicted molar refractivity (Wildman–Crippen MR) is 79.4 cm³/mol. The van der Waals surface area contributed by atoms with E-state index in [2.05, 4.69) is 20.5 Å². The van der Waals surface area contributed by atoms with E-state index >= 15 is 0 Å². The second-order valence-electron chi connectivity index (χ2n) is 5.13. The first-order chi connectivity index (χ1) is 10.0. The van der Waals surface area contributed by atoms with Crippen LogP contribution in [0.2, 0.25) is 0 Å². The summed E-state index contributed by atoms with van der Waals surface area (Å²) in [6.07, 6.45) is 5.16. The summed E-state index contributed by atoms with van der Waals surface area (Å²) in [5, 5.41) is 11.2. The third-order valence-electron chi connectivity index (χ3n) is 3.19. The van der Waals surface area contributed by atoms with Gasteiger partial charge in [0.1, 0.15) is 5.51 Å². The lowest BCUT2D eigenvalue weighted by atomic mass is 10.2. The zero-order chi connectivity index (χ0) is 15.0. The zero-order valence-electron chi connectivity index (χ0n) is 12.0. The standard InChI is InChI=1S/C13H16N6OS/c1-8(2)18-5-10(4-14-18)12(20)16-9(3)11-6-19-13(17-11)21-7-15-19/h4-9H,1-3H3,(H,16,20)/t9-/m0/s1. The lowest BCUT2D eigenvalue weighted by Gasteiger charge is -2.10. The molecule has 0 aliphatic rings. The van der Waals surface area contributed by atoms with Crippen molar-refractivity contribution in [3.05, 3.63) is 35.4 Å². The van der Waals surface area contributed by atoms with Crippen LogP contribution < -0.4 is 5.32 Å². The van der Waals surface area contributed by atoms with Crippen molar-refractivity contribution in [3.63, 3.8) is 0 Å². The van der Waals surface area contributed by atoms with Crippen LogP contribution in [0.25, 0.3) is 4.96 Å². The Morgan fingerprint density at radius 3 is 2.76 bits per heavy atom. The Hall–Kier alpha value is -2.22. The van der Waals surface area contributed by atoms with Crippen molar-refractivity contribution in [2.24, 2.45) is 0 Å². The predicted octanol–water partition coefficient (Wildman–Crippen LogP) is 2.06. The number of fused-ring (bicyclic) bond motifs is 1. The average Bonchev–Trinajstić information content (AvgIpc) is 3.13. The highest BCUT2D eigenvalue weighted by molar-refractivity contribution is 7.14. The van der Waals surface area contributed by atoms with E-state index in [-0.39, 0.29) is 18.0 Å². The highest BCUT2D eigenvalue weighted by atomic mass is 32.1. The van der Waals surface area contributed by atoms with Gasteiger partial charge in [-0.3, -0.25) is 9.48 Å². The van der Waals surface area contributed by atoms with Gasteiger partial charge in [0.15, 0.2) is 0 Å². The fourth-order valence-corrected chi connectivity index (χ4v) is 2.56. The first kappa shape index (κ1) is 13.7. The van der Waals surface area contributed by atoms with Crippen molar-refractivity contribution in [2.45, 2.75) is 32.9 Å². The van der Waals surface area contributed by atoms with Crippen LogP contribution in [-0.4, -0.2) is 30.3 Å². The summed E-state index contributed by atoms with van der Waals surface area (Å²) in [6.45, 7) is 5.93. The Balaban J connectivity index is 1.72. The van der Waals surface area contributed by atoms with E-state index in [0.717, 1.165) is 10.7 Å². The molecule has 21 heavy (non-hydrogen) atoms. The summed E-state index contributed by atoms with van der Waals surface area (Å²) in [4.78, 5) is 17.5. The maximum Gasteiger partial charge on any atom is 0.254 e. The van der Waals surface area contributed by atoms with E-state index < -0.39 is 0 Å². The summed E-state index contributed by atoms with van der Waals surface area (Å²) >= 11 is 1.46. The SMILES string of the molecule is CC(C)n1cc(C(=O)N[C@@H](C)c2cn3ncsc3n2)cn1. The van der Waals surface area contributed by atoms with Gasteiger partial charge in [-0.15, -0.1) is 0 Å². The molecule has 0 aromatic carbocycles. The van der Waals surface area contributed by atoms with Crippen molar-refractivity contribution in [1.29, 1.82) is 0 Å². The van der Waals surface area contributed by atoms with E-state index in [0.29, 0.717) is 5.56 Å². The maximum atomic E-state index is 12.2. The molecule has 0 bridgehead atoms. The van der Waals surface area contributed by atoms with Gasteiger partial charge in [0.2, 0.25) is 4.96 Å². The van der Waals surface area contributed by atoms with Gasteiger partial charge in [-0.1, -0.05) is 11.3 Å². The van der Waals surface area contributed by atoms with Gasteiger partial charge >= 0.3 is 0 Å². The number of carbonyl (C=O) groups excluding carboxylic acids is 1. The number of carbonyl (C=O) groups is 1. The lowest BCUT2D eigenvalue weighted by molar-refractivity contribution is 0.0939. The summed E-state index contributed by atoms with van der Waals surface area (Å²) in [6, 6.07) is 0.0452. The molecule has 0 fully saturated rings. The quantitative estimate of drug-likeness (QED) is 0.800. The van der Waals surface area contributed by atoms with Gasteiger partial charge in [0.05, 0.1) is 29.7 Å². The highest BCUT2D eigenvalue weighted by Gasteiger charge is 2.16. The Bertz CT molecular complexity index is 742. The number of hydrogen-bond donors (Lipinski definition) is 1. The molecule has 0 aliphatic carbocycles. The van der Waals surface area contributed by atoms with Crippen LogP contribution in [0, 0.1) is 0 Å². The van der Waals surface area contributed by atoms with Crippen LogP contribution >= 0.6 is 11.3 Å². The molecule has 0 radical (unpaired) electrons. The first-order valence-electron chi connectivity index (χ1n) is 6.68. The van der Waals surface area contributed by atoms with Crippen LogP contribution in [0.1, 0.15) is 48.9 Å². The van der Waals surface area contributed by atoms with Crippen molar-refractivity contribution in [3.8, 4) is 0 Å². The molecule has 0 spiro atoms. The summed E-state index contributed by atoms with van der Waals surface area (Å²) in [5.41, 5.74) is 3.07. The minimum atomic E-state index is -0.186. The Morgan fingerprint density at radius 1 is 1.29 bits per heavy atom. The summed E-state index contributed by atoms with van der Waals surface area (Å²) in [7, 11) is 0. The molecule has 3 aromatic rings. The molecular weight excluding hydrogens is 288 g/mol. The number of rotatable bonds is 4.